The lowest BCUT2D eigenvalue weighted by atomic mass is 9.70. The number of carbonyl (C=O) groups excluding carboxylic acids is 1. The second kappa shape index (κ2) is 14.0. The lowest BCUT2D eigenvalue weighted by molar-refractivity contribution is 0.0606. The number of nitrogens with zero attached hydrogens (tertiary/aromatic N) is 4. The number of para-hydroxylation sites is 2. The Morgan fingerprint density at radius 2 is 1.72 bits per heavy atom. The minimum absolute atomic E-state index is 0.0523. The highest BCUT2D eigenvalue weighted by molar-refractivity contribution is 7.89. The molecule has 0 unspecified atom stereocenters. The first-order valence-electron chi connectivity index (χ1n) is 17.7. The SMILES string of the molecule is CCCNS(=O)(=O)c1cc(C(=O)N2CCC(CCN3[C@@H]4CC[C@H]3C[C@@H](n3c(C)nc5ccccc53)C4)(c3cccc(F)c3)CC2)c(Cl)cc1F. The van der Waals surface area contributed by atoms with Crippen LogP contribution in [-0.2, 0) is 15.4 Å². The van der Waals surface area contributed by atoms with Gasteiger partial charge in [-0.25, -0.2) is 26.9 Å². The van der Waals surface area contributed by atoms with E-state index in [1.54, 1.807) is 24.0 Å². The summed E-state index contributed by atoms with van der Waals surface area (Å²) in [6.45, 7) is 5.67. The molecule has 3 fully saturated rings. The Hall–Kier alpha value is -3.38. The van der Waals surface area contributed by atoms with E-state index in [1.807, 2.05) is 12.1 Å². The molecule has 0 saturated carbocycles. The average Bonchev–Trinajstić information content (AvgIpc) is 3.56. The summed E-state index contributed by atoms with van der Waals surface area (Å²) in [5.74, 6) is -0.682. The van der Waals surface area contributed by atoms with Gasteiger partial charge in [-0.15, -0.1) is 0 Å². The first kappa shape index (κ1) is 35.0. The van der Waals surface area contributed by atoms with Gasteiger partial charge in [-0.1, -0.05) is 42.8 Å². The number of nitrogens with one attached hydrogen (secondary N) is 1. The van der Waals surface area contributed by atoms with Crippen molar-refractivity contribution in [1.29, 1.82) is 0 Å². The van der Waals surface area contributed by atoms with Crippen LogP contribution in [0.5, 0.6) is 0 Å². The van der Waals surface area contributed by atoms with Crippen molar-refractivity contribution in [3.05, 3.63) is 94.3 Å². The number of aryl methyl sites for hydroxylation is 1. The highest BCUT2D eigenvalue weighted by Gasteiger charge is 2.44. The van der Waals surface area contributed by atoms with Gasteiger partial charge >= 0.3 is 0 Å². The van der Waals surface area contributed by atoms with Gasteiger partial charge in [0.1, 0.15) is 22.4 Å². The fraction of sp³-hybridized carbons (Fsp3) is 0.474. The molecule has 3 saturated heterocycles. The van der Waals surface area contributed by atoms with Crippen molar-refractivity contribution < 1.29 is 22.0 Å². The number of hydrogen-bond acceptors (Lipinski definition) is 5. The molecule has 12 heteroatoms. The summed E-state index contributed by atoms with van der Waals surface area (Å²) in [7, 11) is -4.16. The van der Waals surface area contributed by atoms with Crippen LogP contribution < -0.4 is 4.72 Å². The first-order chi connectivity index (χ1) is 24.0. The number of fused-ring (bicyclic) bond motifs is 3. The molecule has 3 aromatic carbocycles. The summed E-state index contributed by atoms with van der Waals surface area (Å²) in [5, 5.41) is -0.137. The maximum atomic E-state index is 14.8. The fourth-order valence-corrected chi connectivity index (χ4v) is 10.3. The maximum absolute atomic E-state index is 14.8. The molecule has 1 N–H and O–H groups in total. The number of hydrogen-bond donors (Lipinski definition) is 1. The highest BCUT2D eigenvalue weighted by Crippen LogP contribution is 2.45. The number of imidazole rings is 1. The van der Waals surface area contributed by atoms with Crippen LogP contribution in [0.2, 0.25) is 5.02 Å². The normalized spacial score (nSPS) is 22.3. The van der Waals surface area contributed by atoms with E-state index >= 15 is 0 Å². The number of amides is 1. The molecule has 4 heterocycles. The Labute approximate surface area is 297 Å². The van der Waals surface area contributed by atoms with Crippen LogP contribution in [0, 0.1) is 18.6 Å². The summed E-state index contributed by atoms with van der Waals surface area (Å²) >= 11 is 6.33. The van der Waals surface area contributed by atoms with Crippen molar-refractivity contribution in [2.24, 2.45) is 0 Å². The topological polar surface area (TPSA) is 87.5 Å². The predicted octanol–water partition coefficient (Wildman–Crippen LogP) is 7.40. The number of likely N-dealkylation sites (tertiary alicyclic amines) is 1. The molecular weight excluding hydrogens is 680 g/mol. The number of rotatable bonds is 10. The number of aromatic nitrogens is 2. The lowest BCUT2D eigenvalue weighted by Gasteiger charge is -2.45. The molecule has 1 aromatic heterocycles. The largest absolute Gasteiger partial charge is 0.339 e. The van der Waals surface area contributed by atoms with Crippen LogP contribution in [0.3, 0.4) is 0 Å². The second-order valence-electron chi connectivity index (χ2n) is 14.3. The van der Waals surface area contributed by atoms with Gasteiger partial charge in [0, 0.05) is 37.8 Å². The van der Waals surface area contributed by atoms with E-state index in [0.29, 0.717) is 50.5 Å². The van der Waals surface area contributed by atoms with Gasteiger partial charge < -0.3 is 9.47 Å². The van der Waals surface area contributed by atoms with Crippen molar-refractivity contribution in [2.45, 2.75) is 93.7 Å². The monoisotopic (exact) mass is 723 g/mol. The summed E-state index contributed by atoms with van der Waals surface area (Å²) in [4.78, 5) is 22.4. The van der Waals surface area contributed by atoms with Crippen molar-refractivity contribution in [3.63, 3.8) is 0 Å². The van der Waals surface area contributed by atoms with Crippen LogP contribution >= 0.6 is 11.6 Å². The number of benzene rings is 3. The Morgan fingerprint density at radius 1 is 1.00 bits per heavy atom. The molecule has 8 nitrogen and oxygen atoms in total. The van der Waals surface area contributed by atoms with Gasteiger partial charge in [0.15, 0.2) is 0 Å². The molecule has 3 aliphatic heterocycles. The summed E-state index contributed by atoms with van der Waals surface area (Å²) in [5.41, 5.74) is 2.77. The Kier molecular flexibility index (Phi) is 9.79. The smallest absolute Gasteiger partial charge is 0.255 e. The van der Waals surface area contributed by atoms with E-state index in [2.05, 4.69) is 39.3 Å². The zero-order valence-corrected chi connectivity index (χ0v) is 30.1. The molecule has 266 valence electrons. The Balaban J connectivity index is 1.08. The second-order valence-corrected chi connectivity index (χ2v) is 16.4. The highest BCUT2D eigenvalue weighted by atomic mass is 35.5. The third-order valence-electron chi connectivity index (χ3n) is 11.4. The number of carbonyl (C=O) groups is 1. The molecule has 0 spiro atoms. The standard InChI is InChI=1S/C38H44ClF2N5O3S/c1-3-16-42-50(48,49)36-23-31(32(39)24-33(36)41)37(47)44-17-13-38(14-18-44,26-7-6-8-27(40)20-26)15-19-45-28-11-12-29(45)22-30(21-28)46-25(2)43-34-9-4-5-10-35(34)46/h4-10,20,23-24,28-30,42H,3,11-19,21-22H2,1-2H3/t28-,29+,30+. The van der Waals surface area contributed by atoms with E-state index in [-0.39, 0.29) is 28.4 Å². The molecule has 1 amide bonds. The molecule has 3 aliphatic rings. The molecule has 0 radical (unpaired) electrons. The molecular formula is C38H44ClF2N5O3S. The number of sulfonamides is 1. The zero-order chi connectivity index (χ0) is 35.2. The minimum atomic E-state index is -4.16. The van der Waals surface area contributed by atoms with Gasteiger partial charge in [-0.05, 0) is 112 Å². The van der Waals surface area contributed by atoms with Crippen molar-refractivity contribution in [2.75, 3.05) is 26.2 Å². The summed E-state index contributed by atoms with van der Waals surface area (Å²) in [6.07, 6.45) is 7.02. The molecule has 2 bridgehead atoms. The van der Waals surface area contributed by atoms with Gasteiger partial charge in [0.05, 0.1) is 21.6 Å². The van der Waals surface area contributed by atoms with Crippen molar-refractivity contribution >= 4 is 38.6 Å². The van der Waals surface area contributed by atoms with E-state index < -0.39 is 26.6 Å². The first-order valence-corrected chi connectivity index (χ1v) is 19.6. The van der Waals surface area contributed by atoms with Crippen LogP contribution in [-0.4, -0.2) is 71.9 Å². The van der Waals surface area contributed by atoms with Gasteiger partial charge in [0.2, 0.25) is 10.0 Å². The van der Waals surface area contributed by atoms with Gasteiger partial charge in [0.25, 0.3) is 5.91 Å². The molecule has 3 atom stereocenters. The van der Waals surface area contributed by atoms with E-state index in [4.69, 9.17) is 16.6 Å². The molecule has 0 aliphatic carbocycles. The Bertz CT molecular complexity index is 2000. The third kappa shape index (κ3) is 6.58. The Morgan fingerprint density at radius 3 is 2.42 bits per heavy atom. The quantitative estimate of drug-likeness (QED) is 0.184. The molecule has 50 heavy (non-hydrogen) atoms. The van der Waals surface area contributed by atoms with Crippen molar-refractivity contribution in [3.8, 4) is 0 Å². The fourth-order valence-electron chi connectivity index (χ4n) is 8.81. The minimum Gasteiger partial charge on any atom is -0.339 e. The predicted molar refractivity (Wildman–Crippen MR) is 191 cm³/mol. The van der Waals surface area contributed by atoms with E-state index in [1.165, 1.54) is 11.6 Å². The van der Waals surface area contributed by atoms with Crippen LogP contribution in [0.25, 0.3) is 11.0 Å². The van der Waals surface area contributed by atoms with Crippen LogP contribution in [0.15, 0.2) is 65.6 Å². The summed E-state index contributed by atoms with van der Waals surface area (Å²) in [6, 6.07) is 18.5. The number of halogens is 3. The van der Waals surface area contributed by atoms with Crippen molar-refractivity contribution in [1.82, 2.24) is 24.1 Å². The van der Waals surface area contributed by atoms with Crippen LogP contribution in [0.1, 0.15) is 86.1 Å². The number of piperidine rings is 2. The third-order valence-corrected chi connectivity index (χ3v) is 13.2. The lowest BCUT2D eigenvalue weighted by Crippen LogP contribution is -2.49. The van der Waals surface area contributed by atoms with E-state index in [9.17, 15) is 22.0 Å². The average molecular weight is 724 g/mol. The molecule has 7 rings (SSSR count). The zero-order valence-electron chi connectivity index (χ0n) is 28.5. The summed E-state index contributed by atoms with van der Waals surface area (Å²) < 4.78 is 59.8. The van der Waals surface area contributed by atoms with E-state index in [0.717, 1.165) is 67.7 Å². The maximum Gasteiger partial charge on any atom is 0.255 e. The van der Waals surface area contributed by atoms with Crippen LogP contribution in [0.4, 0.5) is 8.78 Å². The van der Waals surface area contributed by atoms with Gasteiger partial charge in [-0.3, -0.25) is 9.69 Å². The molecule has 4 aromatic rings. The van der Waals surface area contributed by atoms with Gasteiger partial charge in [-0.2, -0.15) is 0 Å².